The lowest BCUT2D eigenvalue weighted by atomic mass is 10.1. The van der Waals surface area contributed by atoms with Gasteiger partial charge in [0, 0.05) is 11.6 Å². The van der Waals surface area contributed by atoms with Crippen molar-refractivity contribution in [2.24, 2.45) is 5.73 Å². The highest BCUT2D eigenvalue weighted by molar-refractivity contribution is 5.99. The first-order valence-electron chi connectivity index (χ1n) is 6.35. The second kappa shape index (κ2) is 4.97. The number of carbonyl (C=O) groups is 1. The molecule has 1 aromatic carbocycles. The zero-order valence-corrected chi connectivity index (χ0v) is 11.4. The quantitative estimate of drug-likeness (QED) is 0.753. The van der Waals surface area contributed by atoms with Crippen LogP contribution in [0.25, 0.3) is 16.9 Å². The number of fused-ring (bicyclic) bond motifs is 1. The molecule has 0 saturated carbocycles. The summed E-state index contributed by atoms with van der Waals surface area (Å²) in [6.07, 6.45) is -3.31. The normalized spacial score (nSPS) is 11.8. The molecule has 6 nitrogen and oxygen atoms in total. The van der Waals surface area contributed by atoms with Gasteiger partial charge in [0.2, 0.25) is 0 Å². The highest BCUT2D eigenvalue weighted by atomic mass is 19.4. The Kier molecular flexibility index (Phi) is 3.20. The van der Waals surface area contributed by atoms with E-state index >= 15 is 0 Å². The molecule has 0 spiro atoms. The van der Waals surface area contributed by atoms with Gasteiger partial charge in [-0.25, -0.2) is 9.50 Å². The van der Waals surface area contributed by atoms with Crippen LogP contribution in [0.4, 0.5) is 13.2 Å². The molecule has 9 heteroatoms. The second-order valence-corrected chi connectivity index (χ2v) is 4.76. The molecule has 0 aliphatic heterocycles. The average Bonchev–Trinajstić information content (AvgIpc) is 2.94. The van der Waals surface area contributed by atoms with E-state index < -0.39 is 23.1 Å². The molecular formula is C14H9F3N4O2. The van der Waals surface area contributed by atoms with Crippen LogP contribution >= 0.6 is 0 Å². The fourth-order valence-corrected chi connectivity index (χ4v) is 2.30. The van der Waals surface area contributed by atoms with Crippen molar-refractivity contribution >= 4 is 11.6 Å². The summed E-state index contributed by atoms with van der Waals surface area (Å²) in [7, 11) is 0. The number of aromatic nitrogens is 3. The number of aromatic amines is 1. The van der Waals surface area contributed by atoms with E-state index in [1.54, 1.807) is 0 Å². The minimum absolute atomic E-state index is 0.0441. The van der Waals surface area contributed by atoms with Gasteiger partial charge < -0.3 is 5.73 Å². The van der Waals surface area contributed by atoms with Crippen LogP contribution in [0.1, 0.15) is 15.9 Å². The van der Waals surface area contributed by atoms with Crippen LogP contribution in [-0.2, 0) is 6.18 Å². The van der Waals surface area contributed by atoms with Gasteiger partial charge in [0.05, 0.1) is 11.3 Å². The number of halogens is 3. The van der Waals surface area contributed by atoms with Crippen LogP contribution < -0.4 is 11.2 Å². The number of primary amides is 1. The zero-order valence-electron chi connectivity index (χ0n) is 11.4. The molecule has 118 valence electrons. The maximum Gasteiger partial charge on any atom is 0.416 e. The Morgan fingerprint density at radius 2 is 2.00 bits per heavy atom. The van der Waals surface area contributed by atoms with Crippen LogP contribution in [0.3, 0.4) is 0 Å². The molecule has 0 aliphatic carbocycles. The Labute approximate surface area is 126 Å². The smallest absolute Gasteiger partial charge is 0.365 e. The Balaban J connectivity index is 2.31. The number of nitrogens with one attached hydrogen (secondary N) is 1. The number of benzene rings is 1. The summed E-state index contributed by atoms with van der Waals surface area (Å²) >= 11 is 0. The van der Waals surface area contributed by atoms with E-state index in [1.165, 1.54) is 23.0 Å². The van der Waals surface area contributed by atoms with Gasteiger partial charge in [-0.05, 0) is 12.1 Å². The molecule has 0 atom stereocenters. The summed E-state index contributed by atoms with van der Waals surface area (Å²) in [6, 6.07) is 5.52. The summed E-state index contributed by atoms with van der Waals surface area (Å²) in [5.74, 6) is -0.963. The molecule has 23 heavy (non-hydrogen) atoms. The summed E-state index contributed by atoms with van der Waals surface area (Å²) in [4.78, 5) is 27.3. The number of nitrogens with two attached hydrogens (primary N) is 1. The third-order valence-electron chi connectivity index (χ3n) is 3.30. The maximum atomic E-state index is 12.8. The number of nitrogens with zero attached hydrogens (tertiary/aromatic N) is 2. The van der Waals surface area contributed by atoms with E-state index in [1.807, 2.05) is 0 Å². The van der Waals surface area contributed by atoms with E-state index in [2.05, 4.69) is 10.1 Å². The summed E-state index contributed by atoms with van der Waals surface area (Å²) in [5, 5.41) is 2.64. The van der Waals surface area contributed by atoms with E-state index in [0.29, 0.717) is 0 Å². The predicted molar refractivity (Wildman–Crippen MR) is 74.8 cm³/mol. The van der Waals surface area contributed by atoms with Gasteiger partial charge in [-0.1, -0.05) is 12.1 Å². The van der Waals surface area contributed by atoms with Crippen LogP contribution in [-0.4, -0.2) is 20.5 Å². The molecule has 2 heterocycles. The van der Waals surface area contributed by atoms with Gasteiger partial charge in [0.15, 0.2) is 11.1 Å². The number of amides is 1. The highest BCUT2D eigenvalue weighted by Gasteiger charge is 2.30. The Hall–Kier alpha value is -3.10. The first-order valence-corrected chi connectivity index (χ1v) is 6.35. The van der Waals surface area contributed by atoms with Crippen LogP contribution in [0.2, 0.25) is 0 Å². The van der Waals surface area contributed by atoms with Crippen LogP contribution in [0, 0.1) is 0 Å². The molecule has 0 bridgehead atoms. The van der Waals surface area contributed by atoms with Crippen LogP contribution in [0.15, 0.2) is 41.5 Å². The molecular weight excluding hydrogens is 313 g/mol. The summed E-state index contributed by atoms with van der Waals surface area (Å²) in [6.45, 7) is 0. The van der Waals surface area contributed by atoms with E-state index in [9.17, 15) is 22.8 Å². The number of carbonyl (C=O) groups excluding carboxylic acids is 1. The number of rotatable bonds is 2. The van der Waals surface area contributed by atoms with Crippen molar-refractivity contribution in [3.63, 3.8) is 0 Å². The molecule has 0 saturated heterocycles. The molecule has 0 fully saturated rings. The van der Waals surface area contributed by atoms with Crippen molar-refractivity contribution in [2.75, 3.05) is 0 Å². The van der Waals surface area contributed by atoms with E-state index in [-0.39, 0.29) is 22.5 Å². The largest absolute Gasteiger partial charge is 0.416 e. The second-order valence-electron chi connectivity index (χ2n) is 4.76. The third-order valence-corrected chi connectivity index (χ3v) is 3.30. The number of hydrogen-bond acceptors (Lipinski definition) is 3. The number of alkyl halides is 3. The standard InChI is InChI=1S/C14H9F3N4O2/c15-14(16,17)8-3-1-2-7(4-8)9-5-10(22)11(12(18)23)13-19-6-20-21(9)13/h1-6H,(H2,18,23)(H,19,20). The molecule has 3 rings (SSSR count). The fraction of sp³-hybridized carbons (Fsp3) is 0.0714. The SMILES string of the molecule is NC(=O)c1c(=O)cc(-c2cccc(C(F)(F)F)c2)n2[nH]cnc12. The molecule has 2 aromatic heterocycles. The minimum Gasteiger partial charge on any atom is -0.365 e. The Bertz CT molecular complexity index is 972. The van der Waals surface area contributed by atoms with Gasteiger partial charge in [-0.3, -0.25) is 14.7 Å². The van der Waals surface area contributed by atoms with Crippen molar-refractivity contribution in [1.29, 1.82) is 0 Å². The summed E-state index contributed by atoms with van der Waals surface area (Å²) < 4.78 is 39.7. The minimum atomic E-state index is -4.51. The summed E-state index contributed by atoms with van der Waals surface area (Å²) in [5.41, 5.74) is 3.50. The van der Waals surface area contributed by atoms with Crippen molar-refractivity contribution in [2.45, 2.75) is 6.18 Å². The lowest BCUT2D eigenvalue weighted by molar-refractivity contribution is -0.137. The van der Waals surface area contributed by atoms with Crippen molar-refractivity contribution in [3.05, 3.63) is 58.0 Å². The predicted octanol–water partition coefficient (Wildman–Crippen LogP) is 1.81. The van der Waals surface area contributed by atoms with Gasteiger partial charge in [-0.2, -0.15) is 13.2 Å². The average molecular weight is 322 g/mol. The van der Waals surface area contributed by atoms with E-state index in [0.717, 1.165) is 18.2 Å². The topological polar surface area (TPSA) is 93.3 Å². The lowest BCUT2D eigenvalue weighted by Crippen LogP contribution is -2.23. The molecule has 0 unspecified atom stereocenters. The molecule has 0 aliphatic rings. The number of pyridine rings is 1. The molecule has 0 radical (unpaired) electrons. The van der Waals surface area contributed by atoms with Gasteiger partial charge in [-0.15, -0.1) is 0 Å². The van der Waals surface area contributed by atoms with E-state index in [4.69, 9.17) is 5.73 Å². The zero-order chi connectivity index (χ0) is 16.8. The molecule has 1 amide bonds. The Morgan fingerprint density at radius 3 is 2.65 bits per heavy atom. The van der Waals surface area contributed by atoms with Crippen molar-refractivity contribution < 1.29 is 18.0 Å². The van der Waals surface area contributed by atoms with Gasteiger partial charge in [0.1, 0.15) is 11.9 Å². The maximum absolute atomic E-state index is 12.8. The fourth-order valence-electron chi connectivity index (χ4n) is 2.30. The van der Waals surface area contributed by atoms with Gasteiger partial charge >= 0.3 is 6.18 Å². The monoisotopic (exact) mass is 322 g/mol. The van der Waals surface area contributed by atoms with Crippen LogP contribution in [0.5, 0.6) is 0 Å². The molecule has 3 aromatic rings. The number of H-pyrrole nitrogens is 1. The third kappa shape index (κ3) is 2.45. The first-order chi connectivity index (χ1) is 10.8. The van der Waals surface area contributed by atoms with Crippen molar-refractivity contribution in [1.82, 2.24) is 14.6 Å². The van der Waals surface area contributed by atoms with Crippen molar-refractivity contribution in [3.8, 4) is 11.3 Å². The molecule has 3 N–H and O–H groups in total. The highest BCUT2D eigenvalue weighted by Crippen LogP contribution is 2.32. The first kappa shape index (κ1) is 14.8. The Morgan fingerprint density at radius 1 is 1.26 bits per heavy atom. The lowest BCUT2D eigenvalue weighted by Gasteiger charge is -2.10. The number of hydrogen-bond donors (Lipinski definition) is 2. The van der Waals surface area contributed by atoms with Gasteiger partial charge in [0.25, 0.3) is 5.91 Å².